The maximum Gasteiger partial charge on any atom is 0.329 e. The first-order valence-corrected chi connectivity index (χ1v) is 7.68. The third-order valence-corrected chi connectivity index (χ3v) is 4.59. The molecule has 1 saturated carbocycles. The fourth-order valence-corrected chi connectivity index (χ4v) is 2.80. The van der Waals surface area contributed by atoms with Crippen molar-refractivity contribution in [2.75, 3.05) is 6.54 Å². The zero-order valence-electron chi connectivity index (χ0n) is 12.7. The molecule has 1 fully saturated rings. The van der Waals surface area contributed by atoms with Gasteiger partial charge in [-0.3, -0.25) is 4.79 Å². The van der Waals surface area contributed by atoms with Crippen LogP contribution in [0.4, 0.5) is 0 Å². The Hall–Kier alpha value is -1.10. The van der Waals surface area contributed by atoms with Crippen LogP contribution < -0.4 is 11.1 Å². The summed E-state index contributed by atoms with van der Waals surface area (Å²) in [5.74, 6) is -0.177. The Morgan fingerprint density at radius 3 is 2.45 bits per heavy atom. The van der Waals surface area contributed by atoms with E-state index in [-0.39, 0.29) is 11.8 Å². The zero-order valence-corrected chi connectivity index (χ0v) is 12.7. The fourth-order valence-electron chi connectivity index (χ4n) is 2.80. The molecule has 0 bridgehead atoms. The average Bonchev–Trinajstić information content (AvgIpc) is 2.45. The lowest BCUT2D eigenvalue weighted by molar-refractivity contribution is -0.149. The van der Waals surface area contributed by atoms with E-state index < -0.39 is 11.5 Å². The van der Waals surface area contributed by atoms with E-state index in [9.17, 15) is 14.7 Å². The van der Waals surface area contributed by atoms with Gasteiger partial charge in [-0.15, -0.1) is 0 Å². The molecule has 1 amide bonds. The van der Waals surface area contributed by atoms with Gasteiger partial charge in [-0.25, -0.2) is 4.79 Å². The fraction of sp³-hybridized carbons (Fsp3) is 0.867. The molecule has 0 aromatic carbocycles. The zero-order chi connectivity index (χ0) is 15.2. The number of rotatable bonds is 7. The number of carboxylic acids is 1. The van der Waals surface area contributed by atoms with Gasteiger partial charge in [0.05, 0.1) is 0 Å². The molecule has 1 aliphatic carbocycles. The quantitative estimate of drug-likeness (QED) is 0.665. The Bertz CT molecular complexity index is 336. The summed E-state index contributed by atoms with van der Waals surface area (Å²) in [4.78, 5) is 23.5. The maximum absolute atomic E-state index is 12.0. The Kier molecular flexibility index (Phi) is 6.46. The van der Waals surface area contributed by atoms with Gasteiger partial charge in [-0.1, -0.05) is 20.3 Å². The lowest BCUT2D eigenvalue weighted by Crippen LogP contribution is -2.56. The second-order valence-corrected chi connectivity index (χ2v) is 6.17. The van der Waals surface area contributed by atoms with E-state index in [0.717, 1.165) is 19.3 Å². The molecule has 20 heavy (non-hydrogen) atoms. The van der Waals surface area contributed by atoms with Crippen molar-refractivity contribution < 1.29 is 14.7 Å². The van der Waals surface area contributed by atoms with Gasteiger partial charge in [-0.2, -0.15) is 0 Å². The highest BCUT2D eigenvalue weighted by Crippen LogP contribution is 2.34. The summed E-state index contributed by atoms with van der Waals surface area (Å²) in [5, 5.41) is 12.3. The number of amides is 1. The highest BCUT2D eigenvalue weighted by molar-refractivity contribution is 5.87. The van der Waals surface area contributed by atoms with E-state index in [1.807, 2.05) is 6.92 Å². The largest absolute Gasteiger partial charge is 0.480 e. The first kappa shape index (κ1) is 17.0. The van der Waals surface area contributed by atoms with Crippen molar-refractivity contribution in [2.24, 2.45) is 17.6 Å². The van der Waals surface area contributed by atoms with Crippen LogP contribution in [0.1, 0.15) is 58.8 Å². The average molecular weight is 284 g/mol. The number of hydrogen-bond acceptors (Lipinski definition) is 3. The summed E-state index contributed by atoms with van der Waals surface area (Å²) in [7, 11) is 0. The molecule has 1 rings (SSSR count). The van der Waals surface area contributed by atoms with Gasteiger partial charge in [0.2, 0.25) is 5.91 Å². The van der Waals surface area contributed by atoms with Gasteiger partial charge < -0.3 is 16.2 Å². The standard InChI is InChI=1S/C15H28N2O3/c1-3-12-6-8-15(9-7-12,14(19)20)17-13(18)5-4-11(2)10-16/h11-12H,3-10,16H2,1-2H3,(H,17,18)(H,19,20). The summed E-state index contributed by atoms with van der Waals surface area (Å²) in [6, 6.07) is 0. The lowest BCUT2D eigenvalue weighted by Gasteiger charge is -2.37. The monoisotopic (exact) mass is 284 g/mol. The van der Waals surface area contributed by atoms with Crippen LogP contribution >= 0.6 is 0 Å². The minimum absolute atomic E-state index is 0.164. The summed E-state index contributed by atoms with van der Waals surface area (Å²) < 4.78 is 0. The van der Waals surface area contributed by atoms with E-state index in [2.05, 4.69) is 12.2 Å². The van der Waals surface area contributed by atoms with Crippen molar-refractivity contribution in [3.05, 3.63) is 0 Å². The molecule has 5 heteroatoms. The molecule has 1 unspecified atom stereocenters. The molecule has 1 atom stereocenters. The molecule has 0 radical (unpaired) electrons. The van der Waals surface area contributed by atoms with Crippen molar-refractivity contribution in [1.82, 2.24) is 5.32 Å². The molecule has 0 heterocycles. The maximum atomic E-state index is 12.0. The minimum atomic E-state index is -1.05. The van der Waals surface area contributed by atoms with E-state index in [1.165, 1.54) is 0 Å². The summed E-state index contributed by atoms with van der Waals surface area (Å²) >= 11 is 0. The number of carbonyl (C=O) groups excluding carboxylic acids is 1. The van der Waals surface area contributed by atoms with Crippen LogP contribution in [0.3, 0.4) is 0 Å². The van der Waals surface area contributed by atoms with Crippen LogP contribution in [-0.4, -0.2) is 29.1 Å². The third-order valence-electron chi connectivity index (χ3n) is 4.59. The third kappa shape index (κ3) is 4.47. The van der Waals surface area contributed by atoms with Crippen molar-refractivity contribution in [3.8, 4) is 0 Å². The molecule has 1 aliphatic rings. The molecule has 116 valence electrons. The van der Waals surface area contributed by atoms with Gasteiger partial charge in [0.1, 0.15) is 5.54 Å². The lowest BCUT2D eigenvalue weighted by atomic mass is 9.75. The normalized spacial score (nSPS) is 27.9. The smallest absolute Gasteiger partial charge is 0.329 e. The van der Waals surface area contributed by atoms with Crippen LogP contribution in [0, 0.1) is 11.8 Å². The van der Waals surface area contributed by atoms with E-state index >= 15 is 0 Å². The topological polar surface area (TPSA) is 92.4 Å². The summed E-state index contributed by atoms with van der Waals surface area (Å²) in [5.41, 5.74) is 4.47. The number of hydrogen-bond donors (Lipinski definition) is 3. The first-order valence-electron chi connectivity index (χ1n) is 7.68. The van der Waals surface area contributed by atoms with Gasteiger partial charge >= 0.3 is 5.97 Å². The summed E-state index contributed by atoms with van der Waals surface area (Å²) in [6.07, 6.45) is 4.97. The molecule has 0 saturated heterocycles. The predicted octanol–water partition coefficient (Wildman–Crippen LogP) is 1.90. The van der Waals surface area contributed by atoms with Crippen molar-refractivity contribution in [1.29, 1.82) is 0 Å². The van der Waals surface area contributed by atoms with Crippen LogP contribution in [-0.2, 0) is 9.59 Å². The SMILES string of the molecule is CCC1CCC(NC(=O)CCC(C)CN)(C(=O)O)CC1. The first-order chi connectivity index (χ1) is 9.43. The molecule has 0 spiro atoms. The van der Waals surface area contributed by atoms with Crippen LogP contribution in [0.2, 0.25) is 0 Å². The molecule has 5 nitrogen and oxygen atoms in total. The van der Waals surface area contributed by atoms with Crippen molar-refractivity contribution in [3.63, 3.8) is 0 Å². The predicted molar refractivity (Wildman–Crippen MR) is 78.2 cm³/mol. The molecular weight excluding hydrogens is 256 g/mol. The second-order valence-electron chi connectivity index (χ2n) is 6.17. The Balaban J connectivity index is 2.55. The summed E-state index contributed by atoms with van der Waals surface area (Å²) in [6.45, 7) is 4.67. The van der Waals surface area contributed by atoms with Gasteiger partial charge in [0.15, 0.2) is 0 Å². The molecule has 0 aliphatic heterocycles. The van der Waals surface area contributed by atoms with Gasteiger partial charge in [0.25, 0.3) is 0 Å². The number of nitrogens with one attached hydrogen (secondary N) is 1. The molecular formula is C15H28N2O3. The Morgan fingerprint density at radius 2 is 2.00 bits per heavy atom. The highest BCUT2D eigenvalue weighted by Gasteiger charge is 2.42. The highest BCUT2D eigenvalue weighted by atomic mass is 16.4. The van der Waals surface area contributed by atoms with Gasteiger partial charge in [0, 0.05) is 6.42 Å². The van der Waals surface area contributed by atoms with Crippen LogP contribution in [0.15, 0.2) is 0 Å². The number of carboxylic acid groups (broad SMARTS) is 1. The van der Waals surface area contributed by atoms with Crippen molar-refractivity contribution >= 4 is 11.9 Å². The van der Waals surface area contributed by atoms with E-state index in [4.69, 9.17) is 5.73 Å². The second kappa shape index (κ2) is 7.62. The number of aliphatic carboxylic acids is 1. The number of carbonyl (C=O) groups is 2. The Morgan fingerprint density at radius 1 is 1.40 bits per heavy atom. The Labute approximate surface area is 121 Å². The van der Waals surface area contributed by atoms with Gasteiger partial charge in [-0.05, 0) is 50.5 Å². The number of nitrogens with two attached hydrogens (primary N) is 1. The molecule has 0 aromatic rings. The van der Waals surface area contributed by atoms with E-state index in [0.29, 0.717) is 38.1 Å². The minimum Gasteiger partial charge on any atom is -0.480 e. The molecule has 0 aromatic heterocycles. The van der Waals surface area contributed by atoms with E-state index in [1.54, 1.807) is 0 Å². The van der Waals surface area contributed by atoms with Crippen molar-refractivity contribution in [2.45, 2.75) is 64.3 Å². The van der Waals surface area contributed by atoms with Crippen LogP contribution in [0.25, 0.3) is 0 Å². The molecule has 4 N–H and O–H groups in total. The van der Waals surface area contributed by atoms with Crippen LogP contribution in [0.5, 0.6) is 0 Å².